The van der Waals surface area contributed by atoms with E-state index in [1.54, 1.807) is 13.8 Å². The quantitative estimate of drug-likeness (QED) is 0.666. The van der Waals surface area contributed by atoms with Crippen molar-refractivity contribution in [2.75, 3.05) is 6.54 Å². The fourth-order valence-corrected chi connectivity index (χ4v) is 2.55. The van der Waals surface area contributed by atoms with Gasteiger partial charge in [-0.2, -0.15) is 0 Å². The summed E-state index contributed by atoms with van der Waals surface area (Å²) in [5, 5.41) is 15.0. The maximum absolute atomic E-state index is 12.3. The number of carbonyl (C=O) groups excluding carboxylic acids is 1. The molecule has 1 aliphatic rings. The largest absolute Gasteiger partial charge is 0.480 e. The summed E-state index contributed by atoms with van der Waals surface area (Å²) in [6.45, 7) is 6.46. The van der Waals surface area contributed by atoms with E-state index in [-0.39, 0.29) is 11.8 Å². The van der Waals surface area contributed by atoms with Crippen molar-refractivity contribution in [2.45, 2.75) is 58.0 Å². The Kier molecular flexibility index (Phi) is 5.14. The van der Waals surface area contributed by atoms with Crippen molar-refractivity contribution in [1.82, 2.24) is 10.6 Å². The number of amides is 1. The first kappa shape index (κ1) is 15.0. The van der Waals surface area contributed by atoms with E-state index in [1.165, 1.54) is 0 Å². The van der Waals surface area contributed by atoms with Crippen LogP contribution >= 0.6 is 0 Å². The van der Waals surface area contributed by atoms with E-state index in [2.05, 4.69) is 10.6 Å². The van der Waals surface area contributed by atoms with Crippen molar-refractivity contribution in [2.24, 2.45) is 5.92 Å². The third-order valence-electron chi connectivity index (χ3n) is 3.57. The molecule has 0 spiro atoms. The number of hydrogen-bond acceptors (Lipinski definition) is 3. The van der Waals surface area contributed by atoms with Crippen LogP contribution in [0.1, 0.15) is 46.5 Å². The molecule has 1 aliphatic heterocycles. The summed E-state index contributed by atoms with van der Waals surface area (Å²) in [6, 6.07) is -0.811. The lowest BCUT2D eigenvalue weighted by atomic mass is 9.90. The number of hydrogen-bond donors (Lipinski definition) is 3. The van der Waals surface area contributed by atoms with Crippen molar-refractivity contribution < 1.29 is 14.7 Å². The van der Waals surface area contributed by atoms with Crippen molar-refractivity contribution in [3.63, 3.8) is 0 Å². The van der Waals surface area contributed by atoms with E-state index in [0.29, 0.717) is 0 Å². The molecule has 1 heterocycles. The van der Waals surface area contributed by atoms with Gasteiger partial charge in [0.1, 0.15) is 6.04 Å². The molecular formula is C13H24N2O3. The van der Waals surface area contributed by atoms with Gasteiger partial charge in [-0.1, -0.05) is 27.2 Å². The first-order chi connectivity index (χ1) is 8.43. The lowest BCUT2D eigenvalue weighted by Gasteiger charge is -2.30. The maximum atomic E-state index is 12.3. The van der Waals surface area contributed by atoms with Crippen LogP contribution in [0.3, 0.4) is 0 Å². The summed E-state index contributed by atoms with van der Waals surface area (Å²) < 4.78 is 0. The van der Waals surface area contributed by atoms with Gasteiger partial charge in [0.25, 0.3) is 0 Å². The van der Waals surface area contributed by atoms with Gasteiger partial charge in [0.05, 0.1) is 5.54 Å². The Morgan fingerprint density at radius 1 is 1.44 bits per heavy atom. The van der Waals surface area contributed by atoms with Gasteiger partial charge in [-0.3, -0.25) is 4.79 Å². The minimum absolute atomic E-state index is 0.119. The topological polar surface area (TPSA) is 78.4 Å². The predicted molar refractivity (Wildman–Crippen MR) is 69.3 cm³/mol. The molecule has 0 aromatic heterocycles. The van der Waals surface area contributed by atoms with Crippen molar-refractivity contribution in [3.8, 4) is 0 Å². The Morgan fingerprint density at radius 2 is 2.11 bits per heavy atom. The number of carboxylic acids is 1. The Labute approximate surface area is 108 Å². The number of aliphatic carboxylic acids is 1. The highest BCUT2D eigenvalue weighted by Crippen LogP contribution is 2.25. The molecule has 1 unspecified atom stereocenters. The standard InChI is InChI=1S/C13H24N2O3/c1-4-6-13(7-5-8-14-13)12(18)15-10(9(2)3)11(16)17/h9-10,14H,4-8H2,1-3H3,(H,15,18)(H,16,17)/t10-,13?/m1/s1. The second-order valence-electron chi connectivity index (χ2n) is 5.40. The molecule has 18 heavy (non-hydrogen) atoms. The summed E-state index contributed by atoms with van der Waals surface area (Å²) in [4.78, 5) is 23.5. The molecule has 0 aromatic carbocycles. The van der Waals surface area contributed by atoms with Crippen LogP contribution in [0.5, 0.6) is 0 Å². The van der Waals surface area contributed by atoms with Crippen LogP contribution in [-0.4, -0.2) is 35.1 Å². The molecular weight excluding hydrogens is 232 g/mol. The second-order valence-corrected chi connectivity index (χ2v) is 5.40. The summed E-state index contributed by atoms with van der Waals surface area (Å²) in [5.41, 5.74) is -0.558. The van der Waals surface area contributed by atoms with Crippen LogP contribution in [0.4, 0.5) is 0 Å². The molecule has 2 atom stereocenters. The average molecular weight is 256 g/mol. The fraction of sp³-hybridized carbons (Fsp3) is 0.846. The third-order valence-corrected chi connectivity index (χ3v) is 3.57. The Hall–Kier alpha value is -1.10. The van der Waals surface area contributed by atoms with Crippen LogP contribution in [0, 0.1) is 5.92 Å². The molecule has 1 amide bonds. The zero-order chi connectivity index (χ0) is 13.8. The fourth-order valence-electron chi connectivity index (χ4n) is 2.55. The van der Waals surface area contributed by atoms with E-state index in [4.69, 9.17) is 5.11 Å². The first-order valence-corrected chi connectivity index (χ1v) is 6.72. The monoisotopic (exact) mass is 256 g/mol. The van der Waals surface area contributed by atoms with Gasteiger partial charge in [0.2, 0.25) is 5.91 Å². The molecule has 0 radical (unpaired) electrons. The van der Waals surface area contributed by atoms with Gasteiger partial charge in [-0.05, 0) is 31.7 Å². The van der Waals surface area contributed by atoms with Crippen LogP contribution < -0.4 is 10.6 Å². The van der Waals surface area contributed by atoms with Crippen molar-refractivity contribution in [1.29, 1.82) is 0 Å². The van der Waals surface area contributed by atoms with Gasteiger partial charge in [0.15, 0.2) is 0 Å². The number of carboxylic acid groups (broad SMARTS) is 1. The van der Waals surface area contributed by atoms with Crippen LogP contribution in [0.25, 0.3) is 0 Å². The van der Waals surface area contributed by atoms with Gasteiger partial charge in [-0.15, -0.1) is 0 Å². The van der Waals surface area contributed by atoms with Crippen LogP contribution in [0.2, 0.25) is 0 Å². The number of carbonyl (C=O) groups is 2. The van der Waals surface area contributed by atoms with Crippen molar-refractivity contribution in [3.05, 3.63) is 0 Å². The van der Waals surface area contributed by atoms with Gasteiger partial charge >= 0.3 is 5.97 Å². The van der Waals surface area contributed by atoms with Crippen LogP contribution in [0.15, 0.2) is 0 Å². The molecule has 1 fully saturated rings. The zero-order valence-electron chi connectivity index (χ0n) is 11.5. The number of nitrogens with one attached hydrogen (secondary N) is 2. The van der Waals surface area contributed by atoms with E-state index < -0.39 is 17.6 Å². The minimum atomic E-state index is -0.969. The summed E-state index contributed by atoms with van der Waals surface area (Å²) in [5.74, 6) is -1.25. The van der Waals surface area contributed by atoms with Crippen LogP contribution in [-0.2, 0) is 9.59 Å². The highest BCUT2D eigenvalue weighted by Gasteiger charge is 2.41. The summed E-state index contributed by atoms with van der Waals surface area (Å²) in [7, 11) is 0. The summed E-state index contributed by atoms with van der Waals surface area (Å²) in [6.07, 6.45) is 3.41. The van der Waals surface area contributed by atoms with E-state index >= 15 is 0 Å². The zero-order valence-corrected chi connectivity index (χ0v) is 11.5. The first-order valence-electron chi connectivity index (χ1n) is 6.72. The van der Waals surface area contributed by atoms with E-state index in [9.17, 15) is 9.59 Å². The minimum Gasteiger partial charge on any atom is -0.480 e. The molecule has 3 N–H and O–H groups in total. The molecule has 0 aromatic rings. The second kappa shape index (κ2) is 6.18. The van der Waals surface area contributed by atoms with Gasteiger partial charge in [-0.25, -0.2) is 4.79 Å². The molecule has 5 heteroatoms. The molecule has 0 saturated carbocycles. The summed E-state index contributed by atoms with van der Waals surface area (Å²) >= 11 is 0. The Morgan fingerprint density at radius 3 is 2.50 bits per heavy atom. The molecule has 0 bridgehead atoms. The normalized spacial score (nSPS) is 25.1. The maximum Gasteiger partial charge on any atom is 0.326 e. The lowest BCUT2D eigenvalue weighted by molar-refractivity contribution is -0.144. The molecule has 0 aliphatic carbocycles. The Balaban J connectivity index is 2.75. The average Bonchev–Trinajstić information content (AvgIpc) is 2.75. The Bertz CT molecular complexity index is 309. The molecule has 104 valence electrons. The third kappa shape index (κ3) is 3.22. The van der Waals surface area contributed by atoms with Crippen molar-refractivity contribution >= 4 is 11.9 Å². The SMILES string of the molecule is CCCC1(C(=O)N[C@@H](C(=O)O)C(C)C)CCCN1. The van der Waals surface area contributed by atoms with Gasteiger partial charge < -0.3 is 15.7 Å². The smallest absolute Gasteiger partial charge is 0.326 e. The van der Waals surface area contributed by atoms with Gasteiger partial charge in [0, 0.05) is 0 Å². The lowest BCUT2D eigenvalue weighted by Crippen LogP contribution is -2.58. The number of rotatable bonds is 6. The molecule has 1 saturated heterocycles. The van der Waals surface area contributed by atoms with E-state index in [1.807, 2.05) is 6.92 Å². The highest BCUT2D eigenvalue weighted by molar-refractivity contribution is 5.90. The molecule has 5 nitrogen and oxygen atoms in total. The predicted octanol–water partition coefficient (Wildman–Crippen LogP) is 1.13. The highest BCUT2D eigenvalue weighted by atomic mass is 16.4. The molecule has 1 rings (SSSR count). The van der Waals surface area contributed by atoms with E-state index in [0.717, 1.165) is 32.2 Å².